The molecule has 2 rings (SSSR count). The molecule has 134 valence electrons. The Bertz CT molecular complexity index is 828. The number of sulfonamides is 1. The molecule has 1 amide bonds. The first-order valence-electron chi connectivity index (χ1n) is 8.32. The molecule has 0 unspecified atom stereocenters. The number of carbonyl (C=O) groups excluding carboxylic acids is 1. The molecule has 0 aliphatic carbocycles. The Kier molecular flexibility index (Phi) is 6.33. The topological polar surface area (TPSA) is 75.3 Å². The summed E-state index contributed by atoms with van der Waals surface area (Å²) >= 11 is 0. The predicted octanol–water partition coefficient (Wildman–Crippen LogP) is 3.44. The van der Waals surface area contributed by atoms with E-state index in [1.54, 1.807) is 12.1 Å². The first kappa shape index (κ1) is 19.1. The number of hydrogen-bond donors (Lipinski definition) is 2. The number of nitrogens with one attached hydrogen (secondary N) is 2. The molecule has 0 radical (unpaired) electrons. The van der Waals surface area contributed by atoms with E-state index in [0.717, 1.165) is 6.42 Å². The summed E-state index contributed by atoms with van der Waals surface area (Å²) in [5.74, 6) is -0.141. The minimum absolute atomic E-state index is 0.0853. The number of aryl methyl sites for hydroxylation is 1. The Hall–Kier alpha value is -2.18. The first-order chi connectivity index (χ1) is 11.8. The molecule has 0 spiro atoms. The summed E-state index contributed by atoms with van der Waals surface area (Å²) in [5.41, 5.74) is 2.16. The van der Waals surface area contributed by atoms with Gasteiger partial charge in [-0.15, -0.1) is 0 Å². The smallest absolute Gasteiger partial charge is 0.255 e. The van der Waals surface area contributed by atoms with E-state index in [-0.39, 0.29) is 16.7 Å². The summed E-state index contributed by atoms with van der Waals surface area (Å²) in [5, 5.41) is 2.78. The van der Waals surface area contributed by atoms with Gasteiger partial charge in [0.2, 0.25) is 10.0 Å². The van der Waals surface area contributed by atoms with Gasteiger partial charge in [0.1, 0.15) is 0 Å². The second kappa shape index (κ2) is 8.27. The van der Waals surface area contributed by atoms with Crippen LogP contribution in [0.4, 0.5) is 5.69 Å². The molecule has 0 bridgehead atoms. The van der Waals surface area contributed by atoms with Crippen LogP contribution in [0, 0.1) is 5.92 Å². The Morgan fingerprint density at radius 2 is 1.76 bits per heavy atom. The molecular formula is C19H24N2O3S. The van der Waals surface area contributed by atoms with Crippen molar-refractivity contribution in [2.45, 2.75) is 32.1 Å². The highest BCUT2D eigenvalue weighted by Crippen LogP contribution is 2.15. The summed E-state index contributed by atoms with van der Waals surface area (Å²) in [7, 11) is -3.62. The summed E-state index contributed by atoms with van der Waals surface area (Å²) in [4.78, 5) is 12.5. The van der Waals surface area contributed by atoms with Gasteiger partial charge >= 0.3 is 0 Å². The standard InChI is InChI=1S/C19H24N2O3S/c1-4-15-8-10-17(11-9-15)21-19(22)16-6-5-7-18(12-16)25(23,24)20-13-14(2)3/h5-12,14,20H,4,13H2,1-3H3,(H,21,22). The second-order valence-corrected chi connectivity index (χ2v) is 8.05. The van der Waals surface area contributed by atoms with E-state index in [1.807, 2.05) is 38.1 Å². The van der Waals surface area contributed by atoms with Gasteiger partial charge in [0.25, 0.3) is 5.91 Å². The van der Waals surface area contributed by atoms with E-state index in [9.17, 15) is 13.2 Å². The normalized spacial score (nSPS) is 11.5. The van der Waals surface area contributed by atoms with E-state index in [0.29, 0.717) is 17.8 Å². The molecule has 5 nitrogen and oxygen atoms in total. The van der Waals surface area contributed by atoms with Gasteiger partial charge in [-0.05, 0) is 48.2 Å². The maximum atomic E-state index is 12.4. The molecule has 2 N–H and O–H groups in total. The molecule has 0 fully saturated rings. The zero-order valence-electron chi connectivity index (χ0n) is 14.7. The van der Waals surface area contributed by atoms with Gasteiger partial charge in [0, 0.05) is 17.8 Å². The average molecular weight is 360 g/mol. The van der Waals surface area contributed by atoms with Gasteiger partial charge in [-0.1, -0.05) is 39.0 Å². The van der Waals surface area contributed by atoms with Crippen molar-refractivity contribution < 1.29 is 13.2 Å². The van der Waals surface area contributed by atoms with Crippen molar-refractivity contribution in [3.8, 4) is 0 Å². The third kappa shape index (κ3) is 5.41. The molecule has 0 atom stereocenters. The fourth-order valence-corrected chi connectivity index (χ4v) is 3.45. The number of benzene rings is 2. The van der Waals surface area contributed by atoms with Crippen LogP contribution in [-0.4, -0.2) is 20.9 Å². The average Bonchev–Trinajstić information content (AvgIpc) is 2.61. The molecule has 0 saturated carbocycles. The van der Waals surface area contributed by atoms with Gasteiger partial charge in [0.15, 0.2) is 0 Å². The van der Waals surface area contributed by atoms with Crippen molar-refractivity contribution >= 4 is 21.6 Å². The van der Waals surface area contributed by atoms with Crippen molar-refractivity contribution in [2.75, 3.05) is 11.9 Å². The van der Waals surface area contributed by atoms with E-state index < -0.39 is 10.0 Å². The van der Waals surface area contributed by atoms with Crippen LogP contribution in [-0.2, 0) is 16.4 Å². The van der Waals surface area contributed by atoms with Gasteiger partial charge in [0.05, 0.1) is 4.90 Å². The van der Waals surface area contributed by atoms with Crippen molar-refractivity contribution in [3.63, 3.8) is 0 Å². The van der Waals surface area contributed by atoms with Crippen LogP contribution in [0.15, 0.2) is 53.4 Å². The van der Waals surface area contributed by atoms with Crippen molar-refractivity contribution in [1.29, 1.82) is 0 Å². The van der Waals surface area contributed by atoms with E-state index in [2.05, 4.69) is 17.0 Å². The number of carbonyl (C=O) groups is 1. The minimum Gasteiger partial charge on any atom is -0.322 e. The highest BCUT2D eigenvalue weighted by Gasteiger charge is 2.16. The lowest BCUT2D eigenvalue weighted by molar-refractivity contribution is 0.102. The largest absolute Gasteiger partial charge is 0.322 e. The number of rotatable bonds is 7. The lowest BCUT2D eigenvalue weighted by atomic mass is 10.1. The zero-order valence-corrected chi connectivity index (χ0v) is 15.6. The Balaban J connectivity index is 2.15. The molecule has 0 heterocycles. The molecule has 0 aliphatic heterocycles. The third-order valence-electron chi connectivity index (χ3n) is 3.71. The Labute approximate surface area is 149 Å². The highest BCUT2D eigenvalue weighted by atomic mass is 32.2. The summed E-state index contributed by atoms with van der Waals surface area (Å²) in [6.07, 6.45) is 0.928. The Morgan fingerprint density at radius 3 is 2.36 bits per heavy atom. The Morgan fingerprint density at radius 1 is 1.08 bits per heavy atom. The van der Waals surface area contributed by atoms with Crippen molar-refractivity contribution in [2.24, 2.45) is 5.92 Å². The molecule has 6 heteroatoms. The zero-order chi connectivity index (χ0) is 18.4. The third-order valence-corrected chi connectivity index (χ3v) is 5.13. The summed E-state index contributed by atoms with van der Waals surface area (Å²) in [6.45, 7) is 6.27. The quantitative estimate of drug-likeness (QED) is 0.794. The molecule has 25 heavy (non-hydrogen) atoms. The fraction of sp³-hybridized carbons (Fsp3) is 0.316. The molecule has 0 aromatic heterocycles. The molecule has 2 aromatic rings. The minimum atomic E-state index is -3.62. The molecular weight excluding hydrogens is 336 g/mol. The number of hydrogen-bond acceptors (Lipinski definition) is 3. The van der Waals surface area contributed by atoms with E-state index in [4.69, 9.17) is 0 Å². The maximum Gasteiger partial charge on any atom is 0.255 e. The van der Waals surface area contributed by atoms with Crippen LogP contribution in [0.2, 0.25) is 0 Å². The van der Waals surface area contributed by atoms with Gasteiger partial charge in [-0.3, -0.25) is 4.79 Å². The monoisotopic (exact) mass is 360 g/mol. The number of amides is 1. The molecule has 0 aliphatic rings. The SMILES string of the molecule is CCc1ccc(NC(=O)c2cccc(S(=O)(=O)NCC(C)C)c2)cc1. The number of anilines is 1. The molecule has 2 aromatic carbocycles. The van der Waals surface area contributed by atoms with Crippen LogP contribution in [0.25, 0.3) is 0 Å². The fourth-order valence-electron chi connectivity index (χ4n) is 2.19. The van der Waals surface area contributed by atoms with Crippen molar-refractivity contribution in [1.82, 2.24) is 4.72 Å². The second-order valence-electron chi connectivity index (χ2n) is 6.28. The lowest BCUT2D eigenvalue weighted by Gasteiger charge is -2.10. The molecule has 0 saturated heterocycles. The summed E-state index contributed by atoms with van der Waals surface area (Å²) in [6, 6.07) is 13.6. The van der Waals surface area contributed by atoms with Crippen LogP contribution >= 0.6 is 0 Å². The van der Waals surface area contributed by atoms with Gasteiger partial charge in [-0.25, -0.2) is 13.1 Å². The van der Waals surface area contributed by atoms with E-state index >= 15 is 0 Å². The summed E-state index contributed by atoms with van der Waals surface area (Å²) < 4.78 is 27.1. The van der Waals surface area contributed by atoms with Crippen LogP contribution in [0.5, 0.6) is 0 Å². The van der Waals surface area contributed by atoms with Crippen LogP contribution in [0.3, 0.4) is 0 Å². The highest BCUT2D eigenvalue weighted by molar-refractivity contribution is 7.89. The van der Waals surface area contributed by atoms with E-state index in [1.165, 1.54) is 17.7 Å². The predicted molar refractivity (Wildman–Crippen MR) is 100 cm³/mol. The van der Waals surface area contributed by atoms with Crippen LogP contribution in [0.1, 0.15) is 36.7 Å². The first-order valence-corrected chi connectivity index (χ1v) is 9.80. The van der Waals surface area contributed by atoms with Gasteiger partial charge in [-0.2, -0.15) is 0 Å². The van der Waals surface area contributed by atoms with Crippen molar-refractivity contribution in [3.05, 3.63) is 59.7 Å². The lowest BCUT2D eigenvalue weighted by Crippen LogP contribution is -2.27. The van der Waals surface area contributed by atoms with Crippen LogP contribution < -0.4 is 10.0 Å². The van der Waals surface area contributed by atoms with Gasteiger partial charge < -0.3 is 5.32 Å². The maximum absolute atomic E-state index is 12.4.